The van der Waals surface area contributed by atoms with E-state index in [1.54, 1.807) is 0 Å². The van der Waals surface area contributed by atoms with E-state index in [0.717, 1.165) is 12.6 Å². The van der Waals surface area contributed by atoms with Crippen molar-refractivity contribution in [2.24, 2.45) is 0 Å². The zero-order valence-electron chi connectivity index (χ0n) is 9.65. The Morgan fingerprint density at radius 2 is 2.06 bits per heavy atom. The van der Waals surface area contributed by atoms with E-state index in [0.29, 0.717) is 0 Å². The summed E-state index contributed by atoms with van der Waals surface area (Å²) in [6.07, 6.45) is 3.94. The predicted molar refractivity (Wildman–Crippen MR) is 64.6 cm³/mol. The van der Waals surface area contributed by atoms with Crippen LogP contribution in [0.15, 0.2) is 24.3 Å². The fraction of sp³-hybridized carbons (Fsp3) is 0.462. The maximum Gasteiger partial charge on any atom is 0.290 e. The van der Waals surface area contributed by atoms with Crippen molar-refractivity contribution in [2.75, 3.05) is 6.54 Å². The van der Waals surface area contributed by atoms with Crippen LogP contribution in [-0.4, -0.2) is 24.2 Å². The molecule has 2 N–H and O–H groups in total. The molecule has 88 valence electrons. The summed E-state index contributed by atoms with van der Waals surface area (Å²) in [7, 11) is 0. The molecule has 2 rings (SSSR count). The van der Waals surface area contributed by atoms with Crippen LogP contribution in [0, 0.1) is 6.92 Å². The Hall–Kier alpha value is -1.35. The summed E-state index contributed by atoms with van der Waals surface area (Å²) in [5, 5.41) is 10.4. The van der Waals surface area contributed by atoms with E-state index in [-0.39, 0.29) is 6.47 Å². The summed E-state index contributed by atoms with van der Waals surface area (Å²) >= 11 is 0. The van der Waals surface area contributed by atoms with Gasteiger partial charge in [-0.1, -0.05) is 24.3 Å². The van der Waals surface area contributed by atoms with Gasteiger partial charge in [0.2, 0.25) is 0 Å². The van der Waals surface area contributed by atoms with Crippen LogP contribution in [0.4, 0.5) is 0 Å². The van der Waals surface area contributed by atoms with Gasteiger partial charge in [-0.05, 0) is 43.9 Å². The highest BCUT2D eigenvalue weighted by atomic mass is 16.3. The zero-order valence-corrected chi connectivity index (χ0v) is 9.65. The van der Waals surface area contributed by atoms with Crippen LogP contribution in [0.2, 0.25) is 0 Å². The molecule has 0 aromatic heterocycles. The Morgan fingerprint density at radius 1 is 1.44 bits per heavy atom. The first-order valence-electron chi connectivity index (χ1n) is 5.63. The van der Waals surface area contributed by atoms with Gasteiger partial charge in [0.25, 0.3) is 6.47 Å². The lowest BCUT2D eigenvalue weighted by Crippen LogP contribution is -2.19. The van der Waals surface area contributed by atoms with E-state index < -0.39 is 0 Å². The normalized spacial score (nSPS) is 13.8. The number of carboxylic acid groups (broad SMARTS) is 1. The summed E-state index contributed by atoms with van der Waals surface area (Å²) < 4.78 is 0. The van der Waals surface area contributed by atoms with Crippen LogP contribution >= 0.6 is 0 Å². The maximum atomic E-state index is 8.36. The van der Waals surface area contributed by atoms with Crippen LogP contribution in [0.3, 0.4) is 0 Å². The van der Waals surface area contributed by atoms with E-state index >= 15 is 0 Å². The fourth-order valence-electron chi connectivity index (χ4n) is 1.59. The highest BCUT2D eigenvalue weighted by Crippen LogP contribution is 2.18. The van der Waals surface area contributed by atoms with Crippen LogP contribution in [0.25, 0.3) is 0 Å². The molecule has 0 bridgehead atoms. The molecule has 0 heterocycles. The van der Waals surface area contributed by atoms with Gasteiger partial charge in [-0.2, -0.15) is 0 Å². The number of benzene rings is 1. The molecule has 0 saturated heterocycles. The standard InChI is InChI=1S/C12H17N.CH2O2/c1-10-4-2-3-5-11(10)8-9-13-12-6-7-12;2-1-3/h2-5,12-13H,6-9H2,1H3;1H,(H,2,3). The van der Waals surface area contributed by atoms with Crippen molar-refractivity contribution < 1.29 is 9.90 Å². The quantitative estimate of drug-likeness (QED) is 0.764. The molecule has 0 amide bonds. The van der Waals surface area contributed by atoms with Gasteiger partial charge < -0.3 is 10.4 Å². The minimum atomic E-state index is -0.250. The molecule has 0 radical (unpaired) electrons. The number of nitrogens with one attached hydrogen (secondary N) is 1. The van der Waals surface area contributed by atoms with E-state index in [4.69, 9.17) is 9.90 Å². The number of rotatable bonds is 4. The molecule has 1 aromatic rings. The van der Waals surface area contributed by atoms with Crippen molar-refractivity contribution >= 4 is 6.47 Å². The first kappa shape index (κ1) is 12.7. The molecule has 0 aliphatic heterocycles. The lowest BCUT2D eigenvalue weighted by Gasteiger charge is -2.05. The van der Waals surface area contributed by atoms with Crippen LogP contribution in [-0.2, 0) is 11.2 Å². The SMILES string of the molecule is Cc1ccccc1CCNC1CC1.O=CO. The molecule has 16 heavy (non-hydrogen) atoms. The number of hydrogen-bond donors (Lipinski definition) is 2. The van der Waals surface area contributed by atoms with Gasteiger partial charge in [0.15, 0.2) is 0 Å². The van der Waals surface area contributed by atoms with Gasteiger partial charge in [0.05, 0.1) is 0 Å². The molecule has 1 aromatic carbocycles. The van der Waals surface area contributed by atoms with Crippen LogP contribution in [0.1, 0.15) is 24.0 Å². The predicted octanol–water partition coefficient (Wildman–Crippen LogP) is 1.99. The third kappa shape index (κ3) is 4.94. The van der Waals surface area contributed by atoms with Crippen molar-refractivity contribution in [3.63, 3.8) is 0 Å². The van der Waals surface area contributed by atoms with Crippen molar-refractivity contribution in [1.82, 2.24) is 5.32 Å². The minimum absolute atomic E-state index is 0.250. The first-order chi connectivity index (χ1) is 7.77. The monoisotopic (exact) mass is 221 g/mol. The summed E-state index contributed by atoms with van der Waals surface area (Å²) in [6, 6.07) is 9.48. The van der Waals surface area contributed by atoms with Gasteiger partial charge in [0.1, 0.15) is 0 Å². The molecule has 3 heteroatoms. The van der Waals surface area contributed by atoms with E-state index in [1.807, 2.05) is 0 Å². The fourth-order valence-corrected chi connectivity index (χ4v) is 1.59. The smallest absolute Gasteiger partial charge is 0.290 e. The van der Waals surface area contributed by atoms with Gasteiger partial charge in [-0.25, -0.2) is 0 Å². The second-order valence-corrected chi connectivity index (χ2v) is 4.01. The first-order valence-corrected chi connectivity index (χ1v) is 5.63. The minimum Gasteiger partial charge on any atom is -0.483 e. The molecule has 1 saturated carbocycles. The molecule has 1 aliphatic carbocycles. The maximum absolute atomic E-state index is 8.36. The van der Waals surface area contributed by atoms with Crippen LogP contribution in [0.5, 0.6) is 0 Å². The van der Waals surface area contributed by atoms with E-state index in [1.165, 1.54) is 30.4 Å². The Morgan fingerprint density at radius 3 is 2.62 bits per heavy atom. The average molecular weight is 221 g/mol. The molecule has 0 unspecified atom stereocenters. The molecule has 1 aliphatic rings. The van der Waals surface area contributed by atoms with Crippen LogP contribution < -0.4 is 5.32 Å². The molecular weight excluding hydrogens is 202 g/mol. The number of aryl methyl sites for hydroxylation is 1. The Bertz CT molecular complexity index is 321. The van der Waals surface area contributed by atoms with Gasteiger partial charge in [-0.15, -0.1) is 0 Å². The van der Waals surface area contributed by atoms with Gasteiger partial charge in [0, 0.05) is 6.04 Å². The second-order valence-electron chi connectivity index (χ2n) is 4.01. The van der Waals surface area contributed by atoms with E-state index in [2.05, 4.69) is 36.5 Å². The molecule has 0 spiro atoms. The van der Waals surface area contributed by atoms with Crippen molar-refractivity contribution in [1.29, 1.82) is 0 Å². The molecular formula is C13H19NO2. The Balaban J connectivity index is 0.000000386. The summed E-state index contributed by atoms with van der Waals surface area (Å²) in [5.41, 5.74) is 2.90. The summed E-state index contributed by atoms with van der Waals surface area (Å²) in [4.78, 5) is 8.36. The molecule has 0 atom stereocenters. The zero-order chi connectivity index (χ0) is 11.8. The van der Waals surface area contributed by atoms with Crippen molar-refractivity contribution in [2.45, 2.75) is 32.2 Å². The molecule has 3 nitrogen and oxygen atoms in total. The van der Waals surface area contributed by atoms with Crippen molar-refractivity contribution in [3.8, 4) is 0 Å². The molecule has 1 fully saturated rings. The van der Waals surface area contributed by atoms with Gasteiger partial charge in [-0.3, -0.25) is 4.79 Å². The second kappa shape index (κ2) is 7.01. The topological polar surface area (TPSA) is 49.3 Å². The lowest BCUT2D eigenvalue weighted by atomic mass is 10.1. The Labute approximate surface area is 96.5 Å². The largest absolute Gasteiger partial charge is 0.483 e. The summed E-state index contributed by atoms with van der Waals surface area (Å²) in [5.74, 6) is 0. The number of carbonyl (C=O) groups is 1. The third-order valence-electron chi connectivity index (χ3n) is 2.67. The van der Waals surface area contributed by atoms with E-state index in [9.17, 15) is 0 Å². The number of hydrogen-bond acceptors (Lipinski definition) is 2. The summed E-state index contributed by atoms with van der Waals surface area (Å²) in [6.45, 7) is 3.07. The Kier molecular flexibility index (Phi) is 5.57. The van der Waals surface area contributed by atoms with Crippen molar-refractivity contribution in [3.05, 3.63) is 35.4 Å². The highest BCUT2D eigenvalue weighted by molar-refractivity contribution is 5.32. The average Bonchev–Trinajstić information content (AvgIpc) is 3.06. The van der Waals surface area contributed by atoms with Gasteiger partial charge >= 0.3 is 0 Å². The third-order valence-corrected chi connectivity index (χ3v) is 2.67. The lowest BCUT2D eigenvalue weighted by molar-refractivity contribution is -0.122. The highest BCUT2D eigenvalue weighted by Gasteiger charge is 2.19.